The van der Waals surface area contributed by atoms with E-state index in [1.54, 1.807) is 0 Å². The molecule has 1 amide bonds. The molecule has 0 bridgehead atoms. The maximum absolute atomic E-state index is 13.2. The first-order valence-corrected chi connectivity index (χ1v) is 5.32. The topological polar surface area (TPSA) is 62.2 Å². The zero-order valence-corrected chi connectivity index (χ0v) is 9.04. The minimum absolute atomic E-state index is 0.0508. The number of nitrogens with zero attached hydrogens (tertiary/aromatic N) is 1. The van der Waals surface area contributed by atoms with Crippen LogP contribution >= 0.6 is 0 Å². The Morgan fingerprint density at radius 2 is 2.24 bits per heavy atom. The fourth-order valence-electron chi connectivity index (χ4n) is 1.70. The van der Waals surface area contributed by atoms with E-state index in [2.05, 4.69) is 10.3 Å². The Bertz CT molecular complexity index is 447. The third-order valence-electron chi connectivity index (χ3n) is 2.95. The van der Waals surface area contributed by atoms with Crippen LogP contribution in [0.15, 0.2) is 12.3 Å². The van der Waals surface area contributed by atoms with Crippen LogP contribution in [0, 0.1) is 11.8 Å². The predicted molar refractivity (Wildman–Crippen MR) is 55.3 cm³/mol. The van der Waals surface area contributed by atoms with Crippen LogP contribution in [0.3, 0.4) is 0 Å². The third-order valence-corrected chi connectivity index (χ3v) is 2.95. The molecule has 0 spiro atoms. The highest BCUT2D eigenvalue weighted by molar-refractivity contribution is 5.94. The molecule has 1 heterocycles. The van der Waals surface area contributed by atoms with Gasteiger partial charge in [0.05, 0.1) is 11.2 Å². The highest BCUT2D eigenvalue weighted by Crippen LogP contribution is 2.30. The van der Waals surface area contributed by atoms with Crippen LogP contribution < -0.4 is 5.32 Å². The Kier molecular flexibility index (Phi) is 3.06. The van der Waals surface area contributed by atoms with Gasteiger partial charge in [0.15, 0.2) is 5.82 Å². The zero-order chi connectivity index (χ0) is 12.5. The SMILES string of the molecule is O=C(NCC1(O)CCC1)c1ccnc(F)c1F. The van der Waals surface area contributed by atoms with Crippen molar-refractivity contribution in [1.29, 1.82) is 0 Å². The van der Waals surface area contributed by atoms with E-state index in [1.807, 2.05) is 0 Å². The van der Waals surface area contributed by atoms with E-state index in [4.69, 9.17) is 0 Å². The number of pyridine rings is 1. The fourth-order valence-corrected chi connectivity index (χ4v) is 1.70. The van der Waals surface area contributed by atoms with Crippen molar-refractivity contribution in [2.24, 2.45) is 0 Å². The lowest BCUT2D eigenvalue weighted by molar-refractivity contribution is -0.0300. The van der Waals surface area contributed by atoms with E-state index >= 15 is 0 Å². The molecule has 92 valence electrons. The first-order valence-electron chi connectivity index (χ1n) is 5.32. The van der Waals surface area contributed by atoms with Gasteiger partial charge in [0, 0.05) is 12.7 Å². The van der Waals surface area contributed by atoms with Crippen LogP contribution in [-0.2, 0) is 0 Å². The summed E-state index contributed by atoms with van der Waals surface area (Å²) in [6.45, 7) is 0.0508. The van der Waals surface area contributed by atoms with Crippen molar-refractivity contribution < 1.29 is 18.7 Å². The summed E-state index contributed by atoms with van der Waals surface area (Å²) in [5, 5.41) is 12.1. The van der Waals surface area contributed by atoms with E-state index in [0.717, 1.165) is 18.7 Å². The van der Waals surface area contributed by atoms with E-state index in [1.165, 1.54) is 0 Å². The van der Waals surface area contributed by atoms with Gasteiger partial charge in [-0.25, -0.2) is 9.37 Å². The largest absolute Gasteiger partial charge is 0.388 e. The van der Waals surface area contributed by atoms with Crippen molar-refractivity contribution in [2.75, 3.05) is 6.54 Å². The molecule has 1 aromatic rings. The number of hydrogen-bond acceptors (Lipinski definition) is 3. The first kappa shape index (κ1) is 11.9. The van der Waals surface area contributed by atoms with E-state index in [9.17, 15) is 18.7 Å². The molecule has 2 rings (SSSR count). The van der Waals surface area contributed by atoms with Gasteiger partial charge in [0.1, 0.15) is 0 Å². The molecule has 1 aliphatic rings. The molecule has 1 aromatic heterocycles. The maximum Gasteiger partial charge on any atom is 0.254 e. The quantitative estimate of drug-likeness (QED) is 0.777. The van der Waals surface area contributed by atoms with Crippen LogP contribution in [0.4, 0.5) is 8.78 Å². The molecule has 0 unspecified atom stereocenters. The summed E-state index contributed by atoms with van der Waals surface area (Å²) >= 11 is 0. The molecular weight excluding hydrogens is 230 g/mol. The molecule has 0 saturated heterocycles. The molecule has 0 aromatic carbocycles. The molecule has 6 heteroatoms. The van der Waals surface area contributed by atoms with E-state index in [-0.39, 0.29) is 6.54 Å². The number of rotatable bonds is 3. The van der Waals surface area contributed by atoms with Crippen LogP contribution in [-0.4, -0.2) is 28.1 Å². The molecule has 2 N–H and O–H groups in total. The minimum Gasteiger partial charge on any atom is -0.388 e. The standard InChI is InChI=1S/C11H12F2N2O2/c12-8-7(2-5-14-9(8)13)10(16)15-6-11(17)3-1-4-11/h2,5,17H,1,3-4,6H2,(H,15,16). The number of aromatic nitrogens is 1. The number of carbonyl (C=O) groups is 1. The predicted octanol–water partition coefficient (Wildman–Crippen LogP) is 1.00. The third kappa shape index (κ3) is 2.41. The van der Waals surface area contributed by atoms with E-state index in [0.29, 0.717) is 12.8 Å². The molecule has 4 nitrogen and oxygen atoms in total. The zero-order valence-electron chi connectivity index (χ0n) is 9.04. The summed E-state index contributed by atoms with van der Waals surface area (Å²) in [6.07, 6.45) is 3.15. The van der Waals surface area contributed by atoms with Crippen molar-refractivity contribution in [1.82, 2.24) is 10.3 Å². The molecular formula is C11H12F2N2O2. The Morgan fingerprint density at radius 3 is 2.82 bits per heavy atom. The minimum atomic E-state index is -1.31. The van der Waals surface area contributed by atoms with Gasteiger partial charge >= 0.3 is 0 Å². The second kappa shape index (κ2) is 4.37. The normalized spacial score (nSPS) is 17.4. The van der Waals surface area contributed by atoms with Gasteiger partial charge in [0.25, 0.3) is 5.91 Å². The summed E-state index contributed by atoms with van der Waals surface area (Å²) in [6, 6.07) is 1.10. The lowest BCUT2D eigenvalue weighted by atomic mass is 9.80. The van der Waals surface area contributed by atoms with Gasteiger partial charge < -0.3 is 10.4 Å². The maximum atomic E-state index is 13.2. The molecule has 1 fully saturated rings. The van der Waals surface area contributed by atoms with Gasteiger partial charge in [-0.05, 0) is 25.3 Å². The van der Waals surface area contributed by atoms with Crippen molar-refractivity contribution in [3.63, 3.8) is 0 Å². The van der Waals surface area contributed by atoms with Gasteiger partial charge in [-0.2, -0.15) is 4.39 Å². The number of amides is 1. The van der Waals surface area contributed by atoms with Gasteiger partial charge in [-0.15, -0.1) is 0 Å². The summed E-state index contributed by atoms with van der Waals surface area (Å²) < 4.78 is 26.0. The van der Waals surface area contributed by atoms with Crippen molar-refractivity contribution in [3.05, 3.63) is 29.6 Å². The number of carbonyl (C=O) groups excluding carboxylic acids is 1. The second-order valence-electron chi connectivity index (χ2n) is 4.22. The smallest absolute Gasteiger partial charge is 0.254 e. The number of nitrogens with one attached hydrogen (secondary N) is 1. The highest BCUT2D eigenvalue weighted by atomic mass is 19.2. The van der Waals surface area contributed by atoms with Crippen LogP contribution in [0.5, 0.6) is 0 Å². The molecule has 0 atom stereocenters. The van der Waals surface area contributed by atoms with Gasteiger partial charge in [-0.3, -0.25) is 4.79 Å². The lowest BCUT2D eigenvalue weighted by Crippen LogP contribution is -2.47. The van der Waals surface area contributed by atoms with Crippen molar-refractivity contribution in [2.45, 2.75) is 24.9 Å². The number of halogens is 2. The Labute approximate surface area is 96.7 Å². The van der Waals surface area contributed by atoms with Crippen molar-refractivity contribution >= 4 is 5.91 Å². The van der Waals surface area contributed by atoms with Crippen molar-refractivity contribution in [3.8, 4) is 0 Å². The molecule has 0 aliphatic heterocycles. The summed E-state index contributed by atoms with van der Waals surface area (Å²) in [5.74, 6) is -3.32. The monoisotopic (exact) mass is 242 g/mol. The number of aliphatic hydroxyl groups is 1. The van der Waals surface area contributed by atoms with Crippen LogP contribution in [0.2, 0.25) is 0 Å². The molecule has 1 aliphatic carbocycles. The lowest BCUT2D eigenvalue weighted by Gasteiger charge is -2.36. The highest BCUT2D eigenvalue weighted by Gasteiger charge is 2.34. The molecule has 1 saturated carbocycles. The molecule has 0 radical (unpaired) electrons. The second-order valence-corrected chi connectivity index (χ2v) is 4.22. The summed E-state index contributed by atoms with van der Waals surface area (Å²) in [5.41, 5.74) is -1.29. The average molecular weight is 242 g/mol. The Morgan fingerprint density at radius 1 is 1.53 bits per heavy atom. The first-order chi connectivity index (χ1) is 8.02. The van der Waals surface area contributed by atoms with Gasteiger partial charge in [-0.1, -0.05) is 0 Å². The Hall–Kier alpha value is -1.56. The van der Waals surface area contributed by atoms with Crippen LogP contribution in [0.25, 0.3) is 0 Å². The van der Waals surface area contributed by atoms with Gasteiger partial charge in [0.2, 0.25) is 5.95 Å². The van der Waals surface area contributed by atoms with Crippen LogP contribution in [0.1, 0.15) is 29.6 Å². The Balaban J connectivity index is 2.02. The number of hydrogen-bond donors (Lipinski definition) is 2. The average Bonchev–Trinajstić information content (AvgIpc) is 2.27. The fraction of sp³-hybridized carbons (Fsp3) is 0.455. The van der Waals surface area contributed by atoms with E-state index < -0.39 is 28.8 Å². The summed E-state index contributed by atoms with van der Waals surface area (Å²) in [7, 11) is 0. The molecule has 17 heavy (non-hydrogen) atoms. The summed E-state index contributed by atoms with van der Waals surface area (Å²) in [4.78, 5) is 14.6.